The first-order valence-corrected chi connectivity index (χ1v) is 9.61. The Morgan fingerprint density at radius 2 is 1.96 bits per heavy atom. The van der Waals surface area contributed by atoms with Crippen LogP contribution in [-0.2, 0) is 10.3 Å². The number of para-hydroxylation sites is 2. The third-order valence-electron chi connectivity index (χ3n) is 5.74. The molecule has 28 heavy (non-hydrogen) atoms. The summed E-state index contributed by atoms with van der Waals surface area (Å²) in [6.07, 6.45) is 7.16. The summed E-state index contributed by atoms with van der Waals surface area (Å²) in [5, 5.41) is 3.77. The highest BCUT2D eigenvalue weighted by molar-refractivity contribution is 5.78. The minimum atomic E-state index is -0.140. The Balaban J connectivity index is 1.29. The average molecular weight is 374 g/mol. The zero-order chi connectivity index (χ0) is 19.0. The number of ether oxygens (including phenoxy) is 1. The molecule has 1 spiro atoms. The molecule has 0 atom stereocenters. The van der Waals surface area contributed by atoms with Crippen LogP contribution < -0.4 is 10.1 Å². The van der Waals surface area contributed by atoms with E-state index in [0.717, 1.165) is 18.5 Å². The van der Waals surface area contributed by atoms with E-state index in [9.17, 15) is 4.79 Å². The number of amides is 1. The van der Waals surface area contributed by atoms with Crippen LogP contribution in [0, 0.1) is 0 Å². The predicted octanol–water partition coefficient (Wildman–Crippen LogP) is 3.19. The number of rotatable bonds is 3. The molecule has 5 rings (SSSR count). The number of aromatic nitrogens is 2. The summed E-state index contributed by atoms with van der Waals surface area (Å²) in [6, 6.07) is 16.3. The number of nitrogens with zero attached hydrogens (tertiary/aromatic N) is 3. The molecule has 0 bridgehead atoms. The van der Waals surface area contributed by atoms with Gasteiger partial charge in [-0.2, -0.15) is 0 Å². The average Bonchev–Trinajstić information content (AvgIpc) is 3.25. The second-order valence-electron chi connectivity index (χ2n) is 7.35. The van der Waals surface area contributed by atoms with Crippen molar-refractivity contribution >= 4 is 11.6 Å². The molecule has 3 aromatic rings. The van der Waals surface area contributed by atoms with E-state index in [1.807, 2.05) is 11.0 Å². The molecule has 1 aromatic carbocycles. The minimum absolute atomic E-state index is 0.0188. The quantitative estimate of drug-likeness (QED) is 0.765. The number of benzene rings is 1. The molecule has 142 valence electrons. The summed E-state index contributed by atoms with van der Waals surface area (Å²) in [4.78, 5) is 18.5. The lowest BCUT2D eigenvalue weighted by Crippen LogP contribution is -2.51. The first-order chi connectivity index (χ1) is 13.8. The van der Waals surface area contributed by atoms with Gasteiger partial charge in [0.25, 0.3) is 5.91 Å². The van der Waals surface area contributed by atoms with E-state index in [4.69, 9.17) is 4.74 Å². The fourth-order valence-corrected chi connectivity index (χ4v) is 4.28. The van der Waals surface area contributed by atoms with Gasteiger partial charge in [-0.1, -0.05) is 12.1 Å². The number of hydrogen-bond donors (Lipinski definition) is 1. The second kappa shape index (κ2) is 6.71. The molecule has 4 heterocycles. The van der Waals surface area contributed by atoms with Crippen LogP contribution >= 0.6 is 0 Å². The van der Waals surface area contributed by atoms with Crippen LogP contribution in [0.1, 0.15) is 18.5 Å². The Kier molecular flexibility index (Phi) is 4.04. The fourth-order valence-electron chi connectivity index (χ4n) is 4.28. The first-order valence-electron chi connectivity index (χ1n) is 9.61. The van der Waals surface area contributed by atoms with Crippen LogP contribution in [0.4, 0.5) is 5.69 Å². The number of likely N-dealkylation sites (tertiary alicyclic amines) is 1. The Bertz CT molecular complexity index is 991. The molecule has 1 amide bonds. The van der Waals surface area contributed by atoms with Gasteiger partial charge in [-0.15, -0.1) is 0 Å². The van der Waals surface area contributed by atoms with Gasteiger partial charge in [0.1, 0.15) is 5.75 Å². The Morgan fingerprint density at radius 1 is 1.11 bits per heavy atom. The molecule has 2 aromatic heterocycles. The van der Waals surface area contributed by atoms with E-state index in [2.05, 4.69) is 57.5 Å². The maximum atomic E-state index is 12.6. The normalized spacial score (nSPS) is 16.8. The molecule has 0 aliphatic carbocycles. The predicted molar refractivity (Wildman–Crippen MR) is 107 cm³/mol. The number of fused-ring (bicyclic) bond motifs is 4. The lowest BCUT2D eigenvalue weighted by molar-refractivity contribution is -0.134. The summed E-state index contributed by atoms with van der Waals surface area (Å²) in [6.45, 7) is 1.45. The Hall–Kier alpha value is -3.28. The fraction of sp³-hybridized carbons (Fsp3) is 0.273. The number of piperidine rings is 1. The van der Waals surface area contributed by atoms with Crippen LogP contribution in [0.25, 0.3) is 5.69 Å². The molecule has 0 radical (unpaired) electrons. The topological polar surface area (TPSA) is 59.4 Å². The Labute approximate surface area is 163 Å². The molecule has 6 heteroatoms. The summed E-state index contributed by atoms with van der Waals surface area (Å²) in [5.41, 5.74) is 3.45. The van der Waals surface area contributed by atoms with Crippen molar-refractivity contribution in [3.63, 3.8) is 0 Å². The van der Waals surface area contributed by atoms with Gasteiger partial charge < -0.3 is 19.5 Å². The summed E-state index contributed by atoms with van der Waals surface area (Å²) >= 11 is 0. The van der Waals surface area contributed by atoms with E-state index >= 15 is 0 Å². The minimum Gasteiger partial charge on any atom is -0.482 e. The van der Waals surface area contributed by atoms with Crippen LogP contribution in [0.3, 0.4) is 0 Å². The van der Waals surface area contributed by atoms with Gasteiger partial charge in [0.2, 0.25) is 0 Å². The van der Waals surface area contributed by atoms with Gasteiger partial charge in [-0.05, 0) is 49.2 Å². The number of carbonyl (C=O) groups excluding carboxylic acids is 1. The van der Waals surface area contributed by atoms with Crippen molar-refractivity contribution < 1.29 is 9.53 Å². The molecule has 0 saturated carbocycles. The van der Waals surface area contributed by atoms with E-state index < -0.39 is 0 Å². The zero-order valence-electron chi connectivity index (χ0n) is 15.5. The molecule has 2 aliphatic rings. The van der Waals surface area contributed by atoms with Crippen LogP contribution in [0.5, 0.6) is 5.75 Å². The van der Waals surface area contributed by atoms with Crippen molar-refractivity contribution in [2.24, 2.45) is 0 Å². The number of hydrogen-bond acceptors (Lipinski definition) is 4. The number of carbonyl (C=O) groups is 1. The molecule has 1 N–H and O–H groups in total. The molecular weight excluding hydrogens is 352 g/mol. The van der Waals surface area contributed by atoms with Gasteiger partial charge in [-0.3, -0.25) is 9.78 Å². The van der Waals surface area contributed by atoms with Crippen LogP contribution in [0.2, 0.25) is 0 Å². The van der Waals surface area contributed by atoms with Gasteiger partial charge >= 0.3 is 0 Å². The van der Waals surface area contributed by atoms with Gasteiger partial charge in [0.05, 0.1) is 23.1 Å². The van der Waals surface area contributed by atoms with Crippen molar-refractivity contribution in [3.05, 3.63) is 72.8 Å². The molecule has 1 saturated heterocycles. The molecule has 2 aliphatic heterocycles. The largest absolute Gasteiger partial charge is 0.482 e. The van der Waals surface area contributed by atoms with Crippen molar-refractivity contribution in [2.75, 3.05) is 25.0 Å². The number of anilines is 1. The summed E-state index contributed by atoms with van der Waals surface area (Å²) in [7, 11) is 0. The summed E-state index contributed by atoms with van der Waals surface area (Å²) < 4.78 is 7.85. The molecule has 0 unspecified atom stereocenters. The van der Waals surface area contributed by atoms with E-state index in [0.29, 0.717) is 18.8 Å². The van der Waals surface area contributed by atoms with Gasteiger partial charge in [-0.25, -0.2) is 0 Å². The van der Waals surface area contributed by atoms with Crippen molar-refractivity contribution in [2.45, 2.75) is 18.4 Å². The maximum Gasteiger partial charge on any atom is 0.260 e. The molecule has 6 nitrogen and oxygen atoms in total. The van der Waals surface area contributed by atoms with Gasteiger partial charge in [0.15, 0.2) is 6.61 Å². The smallest absolute Gasteiger partial charge is 0.260 e. The highest BCUT2D eigenvalue weighted by Crippen LogP contribution is 2.43. The SMILES string of the molecule is O=C(COc1cccnc1)N1CCC2(CC1)Nc1ccccc1-n1cccc12. The molecular formula is C22H22N4O2. The Morgan fingerprint density at radius 3 is 2.79 bits per heavy atom. The lowest BCUT2D eigenvalue weighted by atomic mass is 9.82. The van der Waals surface area contributed by atoms with E-state index in [-0.39, 0.29) is 18.1 Å². The van der Waals surface area contributed by atoms with Gasteiger partial charge in [0, 0.05) is 31.2 Å². The zero-order valence-corrected chi connectivity index (χ0v) is 15.5. The lowest BCUT2D eigenvalue weighted by Gasteiger charge is -2.46. The number of nitrogens with one attached hydrogen (secondary N) is 1. The third kappa shape index (κ3) is 2.81. The maximum absolute atomic E-state index is 12.6. The number of pyridine rings is 1. The van der Waals surface area contributed by atoms with E-state index in [1.54, 1.807) is 18.5 Å². The second-order valence-corrected chi connectivity index (χ2v) is 7.35. The van der Waals surface area contributed by atoms with Crippen molar-refractivity contribution in [3.8, 4) is 11.4 Å². The van der Waals surface area contributed by atoms with Crippen LogP contribution in [0.15, 0.2) is 67.1 Å². The highest BCUT2D eigenvalue weighted by atomic mass is 16.5. The van der Waals surface area contributed by atoms with Crippen molar-refractivity contribution in [1.29, 1.82) is 0 Å². The highest BCUT2D eigenvalue weighted by Gasteiger charge is 2.42. The standard InChI is InChI=1S/C22H22N4O2/c27-21(16-28-17-5-3-11-23-15-17)25-13-9-22(10-14-25)20-8-4-12-26(20)19-7-2-1-6-18(19)24-22/h1-8,11-12,15,24H,9-10,13-14,16H2. The van der Waals surface area contributed by atoms with E-state index in [1.165, 1.54) is 11.4 Å². The first kappa shape index (κ1) is 16.9. The summed E-state index contributed by atoms with van der Waals surface area (Å²) in [5.74, 6) is 0.637. The van der Waals surface area contributed by atoms with Crippen LogP contribution in [-0.4, -0.2) is 40.1 Å². The monoisotopic (exact) mass is 374 g/mol. The van der Waals surface area contributed by atoms with Crippen molar-refractivity contribution in [1.82, 2.24) is 14.5 Å². The third-order valence-corrected chi connectivity index (χ3v) is 5.74. The molecule has 1 fully saturated rings.